The van der Waals surface area contributed by atoms with Crippen molar-refractivity contribution in [2.24, 2.45) is 0 Å². The van der Waals surface area contributed by atoms with Crippen molar-refractivity contribution in [2.75, 3.05) is 26.3 Å². The summed E-state index contributed by atoms with van der Waals surface area (Å²) in [5, 5.41) is 2.93. The molecule has 0 aromatic heterocycles. The summed E-state index contributed by atoms with van der Waals surface area (Å²) in [4.78, 5) is 13.2. The molecule has 0 bridgehead atoms. The number of amides is 1. The van der Waals surface area contributed by atoms with Gasteiger partial charge in [0, 0.05) is 25.2 Å². The normalized spacial score (nSPS) is 14.4. The lowest BCUT2D eigenvalue weighted by Gasteiger charge is -2.27. The third-order valence-electron chi connectivity index (χ3n) is 5.99. The van der Waals surface area contributed by atoms with E-state index in [9.17, 15) is 13.2 Å². The molecule has 1 amide bonds. The molecule has 1 saturated heterocycles. The summed E-state index contributed by atoms with van der Waals surface area (Å²) in [6, 6.07) is 22.2. The van der Waals surface area contributed by atoms with Gasteiger partial charge >= 0.3 is 0 Å². The first-order chi connectivity index (χ1) is 17.0. The molecule has 3 aromatic rings. The predicted octanol–water partition coefficient (Wildman–Crippen LogP) is 3.78. The maximum absolute atomic E-state index is 13.3. The Morgan fingerprint density at radius 2 is 1.63 bits per heavy atom. The minimum Gasteiger partial charge on any atom is -0.489 e. The summed E-state index contributed by atoms with van der Waals surface area (Å²) in [5.41, 5.74) is 2.90. The minimum atomic E-state index is -3.71. The van der Waals surface area contributed by atoms with Crippen molar-refractivity contribution < 1.29 is 22.7 Å². The molecular weight excluding hydrogens is 464 g/mol. The van der Waals surface area contributed by atoms with Crippen LogP contribution in [0.2, 0.25) is 0 Å². The Hall–Kier alpha value is -3.20. The van der Waals surface area contributed by atoms with E-state index in [1.807, 2.05) is 61.5 Å². The predicted molar refractivity (Wildman–Crippen MR) is 134 cm³/mol. The lowest BCUT2D eigenvalue weighted by Crippen LogP contribution is -2.41. The fraction of sp³-hybridized carbons (Fsp3) is 0.296. The molecule has 1 fully saturated rings. The molecular formula is C27H30N2O5S. The summed E-state index contributed by atoms with van der Waals surface area (Å²) in [7, 11) is -3.71. The smallest absolute Gasteiger partial charge is 0.251 e. The number of rotatable bonds is 9. The van der Waals surface area contributed by atoms with E-state index in [-0.39, 0.29) is 10.8 Å². The molecule has 184 valence electrons. The van der Waals surface area contributed by atoms with Crippen LogP contribution >= 0.6 is 0 Å². The highest BCUT2D eigenvalue weighted by molar-refractivity contribution is 7.89. The van der Waals surface area contributed by atoms with E-state index in [2.05, 4.69) is 5.32 Å². The largest absolute Gasteiger partial charge is 0.489 e. The van der Waals surface area contributed by atoms with E-state index in [4.69, 9.17) is 9.47 Å². The highest BCUT2D eigenvalue weighted by Gasteiger charge is 2.29. The zero-order valence-corrected chi connectivity index (χ0v) is 20.6. The molecule has 1 aliphatic rings. The van der Waals surface area contributed by atoms with Gasteiger partial charge in [0.1, 0.15) is 12.4 Å². The molecule has 0 unspecified atom stereocenters. The van der Waals surface area contributed by atoms with Gasteiger partial charge in [0.25, 0.3) is 5.91 Å². The van der Waals surface area contributed by atoms with E-state index in [0.29, 0.717) is 57.0 Å². The molecule has 3 aromatic carbocycles. The Kier molecular flexibility index (Phi) is 8.17. The van der Waals surface area contributed by atoms with Gasteiger partial charge in [0.05, 0.1) is 18.1 Å². The molecule has 0 aliphatic carbocycles. The maximum Gasteiger partial charge on any atom is 0.251 e. The van der Waals surface area contributed by atoms with Gasteiger partial charge < -0.3 is 14.8 Å². The Morgan fingerprint density at radius 1 is 0.943 bits per heavy atom. The Balaban J connectivity index is 1.48. The van der Waals surface area contributed by atoms with E-state index in [1.165, 1.54) is 10.4 Å². The quantitative estimate of drug-likeness (QED) is 0.489. The fourth-order valence-corrected chi connectivity index (χ4v) is 5.71. The molecule has 0 radical (unpaired) electrons. The number of benzene rings is 3. The van der Waals surface area contributed by atoms with Crippen molar-refractivity contribution in [3.05, 3.63) is 95.1 Å². The molecule has 35 heavy (non-hydrogen) atoms. The summed E-state index contributed by atoms with van der Waals surface area (Å²) < 4.78 is 39.1. The van der Waals surface area contributed by atoms with Crippen LogP contribution in [0.3, 0.4) is 0 Å². The number of hydrogen-bond donors (Lipinski definition) is 1. The minimum absolute atomic E-state index is 0.186. The van der Waals surface area contributed by atoms with Gasteiger partial charge in [-0.3, -0.25) is 4.79 Å². The fourth-order valence-electron chi connectivity index (χ4n) is 3.98. The highest BCUT2D eigenvalue weighted by atomic mass is 32.2. The van der Waals surface area contributed by atoms with Gasteiger partial charge in [0.15, 0.2) is 0 Å². The average molecular weight is 495 g/mol. The van der Waals surface area contributed by atoms with Crippen molar-refractivity contribution in [3.63, 3.8) is 0 Å². The monoisotopic (exact) mass is 494 g/mol. The van der Waals surface area contributed by atoms with Crippen LogP contribution in [-0.2, 0) is 34.3 Å². The van der Waals surface area contributed by atoms with Crippen molar-refractivity contribution in [3.8, 4) is 5.75 Å². The summed E-state index contributed by atoms with van der Waals surface area (Å²) in [5.74, 6) is 0.446. The van der Waals surface area contributed by atoms with E-state index in [1.54, 1.807) is 12.1 Å². The van der Waals surface area contributed by atoms with Crippen LogP contribution in [0.4, 0.5) is 0 Å². The zero-order valence-electron chi connectivity index (χ0n) is 19.8. The number of ether oxygens (including phenoxy) is 2. The second-order valence-corrected chi connectivity index (χ2v) is 10.2. The molecule has 0 saturated carbocycles. The van der Waals surface area contributed by atoms with Crippen LogP contribution in [-0.4, -0.2) is 44.9 Å². The van der Waals surface area contributed by atoms with Gasteiger partial charge in [-0.25, -0.2) is 8.42 Å². The topological polar surface area (TPSA) is 84.9 Å². The molecule has 0 spiro atoms. The molecule has 1 aliphatic heterocycles. The number of nitrogens with one attached hydrogen (secondary N) is 1. The van der Waals surface area contributed by atoms with Crippen LogP contribution in [0.1, 0.15) is 34.0 Å². The van der Waals surface area contributed by atoms with Gasteiger partial charge in [-0.15, -0.1) is 0 Å². The number of nitrogens with zero attached hydrogens (tertiary/aromatic N) is 1. The molecule has 1 N–H and O–H groups in total. The molecule has 4 rings (SSSR count). The molecule has 7 nitrogen and oxygen atoms in total. The Labute approximate surface area is 206 Å². The second kappa shape index (κ2) is 11.5. The van der Waals surface area contributed by atoms with Gasteiger partial charge in [-0.2, -0.15) is 4.31 Å². The van der Waals surface area contributed by atoms with E-state index in [0.717, 1.165) is 16.9 Å². The highest BCUT2D eigenvalue weighted by Crippen LogP contribution is 2.24. The van der Waals surface area contributed by atoms with Gasteiger partial charge in [-0.1, -0.05) is 55.5 Å². The van der Waals surface area contributed by atoms with E-state index < -0.39 is 10.0 Å². The molecule has 0 atom stereocenters. The number of carbonyl (C=O) groups is 1. The second-order valence-electron chi connectivity index (χ2n) is 8.25. The summed E-state index contributed by atoms with van der Waals surface area (Å²) in [6.45, 7) is 3.94. The lowest BCUT2D eigenvalue weighted by molar-refractivity contribution is 0.0730. The maximum atomic E-state index is 13.3. The van der Waals surface area contributed by atoms with E-state index >= 15 is 0 Å². The van der Waals surface area contributed by atoms with Crippen LogP contribution in [0.15, 0.2) is 77.7 Å². The van der Waals surface area contributed by atoms with Gasteiger partial charge in [-0.05, 0) is 47.4 Å². The number of aryl methyl sites for hydroxylation is 1. The first kappa shape index (κ1) is 24.9. The summed E-state index contributed by atoms with van der Waals surface area (Å²) in [6.07, 6.45) is 0.551. The van der Waals surface area contributed by atoms with Crippen molar-refractivity contribution in [2.45, 2.75) is 31.4 Å². The van der Waals surface area contributed by atoms with Crippen molar-refractivity contribution >= 4 is 15.9 Å². The Morgan fingerprint density at radius 3 is 2.34 bits per heavy atom. The SMILES string of the molecule is CCc1ccc(C(=O)NCc2ccccc2COc2ccccc2)cc1S(=O)(=O)N1CCOCC1. The first-order valence-corrected chi connectivity index (χ1v) is 13.2. The van der Waals surface area contributed by atoms with Crippen LogP contribution in [0.25, 0.3) is 0 Å². The number of sulfonamides is 1. The number of morpholine rings is 1. The van der Waals surface area contributed by atoms with Crippen LogP contribution < -0.4 is 10.1 Å². The molecule has 1 heterocycles. The van der Waals surface area contributed by atoms with Crippen LogP contribution in [0, 0.1) is 0 Å². The third kappa shape index (κ3) is 6.08. The lowest BCUT2D eigenvalue weighted by atomic mass is 10.1. The van der Waals surface area contributed by atoms with Crippen LogP contribution in [0.5, 0.6) is 5.75 Å². The number of hydrogen-bond acceptors (Lipinski definition) is 5. The zero-order chi connectivity index (χ0) is 24.7. The first-order valence-electron chi connectivity index (χ1n) is 11.7. The standard InChI is InChI=1S/C27H30N2O5S/c1-2-21-12-13-22(18-26(21)35(31,32)29-14-16-33-17-15-29)27(30)28-19-23-8-6-7-9-24(23)20-34-25-10-4-3-5-11-25/h3-13,18H,2,14-17,19-20H2,1H3,(H,28,30). The number of para-hydroxylation sites is 1. The third-order valence-corrected chi connectivity index (χ3v) is 7.97. The van der Waals surface area contributed by atoms with Crippen molar-refractivity contribution in [1.82, 2.24) is 9.62 Å². The van der Waals surface area contributed by atoms with Crippen molar-refractivity contribution in [1.29, 1.82) is 0 Å². The average Bonchev–Trinajstić information content (AvgIpc) is 2.91. The Bertz CT molecular complexity index is 1260. The summed E-state index contributed by atoms with van der Waals surface area (Å²) >= 11 is 0. The number of carbonyl (C=O) groups excluding carboxylic acids is 1. The molecule has 8 heteroatoms. The van der Waals surface area contributed by atoms with Gasteiger partial charge in [0.2, 0.25) is 10.0 Å².